The summed E-state index contributed by atoms with van der Waals surface area (Å²) >= 11 is 0. The Bertz CT molecular complexity index is 158. The SMILES string of the molecule is CCCNC(C)C1(OCC)CCCCC1. The first-order valence-electron chi connectivity index (χ1n) is 6.62. The molecule has 1 unspecified atom stereocenters. The van der Waals surface area contributed by atoms with E-state index < -0.39 is 0 Å². The molecule has 0 saturated heterocycles. The van der Waals surface area contributed by atoms with Gasteiger partial charge in [-0.05, 0) is 39.7 Å². The fourth-order valence-corrected chi connectivity index (χ4v) is 2.69. The Labute approximate surface area is 94.8 Å². The van der Waals surface area contributed by atoms with Gasteiger partial charge in [-0.15, -0.1) is 0 Å². The molecule has 15 heavy (non-hydrogen) atoms. The van der Waals surface area contributed by atoms with Gasteiger partial charge in [0, 0.05) is 12.6 Å². The Morgan fingerprint density at radius 3 is 2.40 bits per heavy atom. The molecule has 90 valence electrons. The predicted octanol–water partition coefficient (Wildman–Crippen LogP) is 3.11. The molecule has 2 heteroatoms. The van der Waals surface area contributed by atoms with Crippen LogP contribution in [0.2, 0.25) is 0 Å². The molecule has 0 aromatic heterocycles. The predicted molar refractivity (Wildman–Crippen MR) is 65.2 cm³/mol. The summed E-state index contributed by atoms with van der Waals surface area (Å²) in [7, 11) is 0. The zero-order chi connectivity index (χ0) is 11.1. The molecule has 0 radical (unpaired) electrons. The third kappa shape index (κ3) is 3.46. The number of nitrogens with one attached hydrogen (secondary N) is 1. The lowest BCUT2D eigenvalue weighted by atomic mass is 9.79. The molecule has 0 aliphatic heterocycles. The Hall–Kier alpha value is -0.0800. The molecular formula is C13H27NO. The fraction of sp³-hybridized carbons (Fsp3) is 1.00. The van der Waals surface area contributed by atoms with Crippen molar-refractivity contribution in [2.45, 2.75) is 70.9 Å². The first-order chi connectivity index (χ1) is 7.25. The molecular weight excluding hydrogens is 186 g/mol. The van der Waals surface area contributed by atoms with Crippen LogP contribution in [0.1, 0.15) is 59.3 Å². The summed E-state index contributed by atoms with van der Waals surface area (Å²) < 4.78 is 6.07. The van der Waals surface area contributed by atoms with Crippen molar-refractivity contribution in [3.05, 3.63) is 0 Å². The first-order valence-corrected chi connectivity index (χ1v) is 6.62. The molecule has 0 spiro atoms. The molecule has 1 atom stereocenters. The molecule has 0 bridgehead atoms. The molecule has 0 heterocycles. The zero-order valence-electron chi connectivity index (χ0n) is 10.6. The summed E-state index contributed by atoms with van der Waals surface area (Å²) in [5, 5.41) is 3.60. The lowest BCUT2D eigenvalue weighted by Gasteiger charge is -2.42. The van der Waals surface area contributed by atoms with Crippen molar-refractivity contribution >= 4 is 0 Å². The van der Waals surface area contributed by atoms with Crippen LogP contribution in [0, 0.1) is 0 Å². The molecule has 1 fully saturated rings. The van der Waals surface area contributed by atoms with Crippen LogP contribution in [0.25, 0.3) is 0 Å². The summed E-state index contributed by atoms with van der Waals surface area (Å²) in [5.74, 6) is 0. The maximum absolute atomic E-state index is 6.07. The molecule has 0 amide bonds. The standard InChI is InChI=1S/C13H27NO/c1-4-11-14-12(3)13(15-5-2)9-7-6-8-10-13/h12,14H,4-11H2,1-3H3. The van der Waals surface area contributed by atoms with Gasteiger partial charge in [0.05, 0.1) is 5.60 Å². The summed E-state index contributed by atoms with van der Waals surface area (Å²) in [6.45, 7) is 8.57. The second kappa shape index (κ2) is 6.49. The van der Waals surface area contributed by atoms with Gasteiger partial charge in [-0.3, -0.25) is 0 Å². The lowest BCUT2D eigenvalue weighted by molar-refractivity contribution is -0.0858. The van der Waals surface area contributed by atoms with E-state index in [1.54, 1.807) is 0 Å². The van der Waals surface area contributed by atoms with Crippen molar-refractivity contribution in [2.24, 2.45) is 0 Å². The second-order valence-electron chi connectivity index (χ2n) is 4.73. The van der Waals surface area contributed by atoms with E-state index in [9.17, 15) is 0 Å². The molecule has 0 aromatic rings. The highest BCUT2D eigenvalue weighted by atomic mass is 16.5. The van der Waals surface area contributed by atoms with Crippen molar-refractivity contribution in [1.29, 1.82) is 0 Å². The van der Waals surface area contributed by atoms with Crippen LogP contribution in [-0.4, -0.2) is 24.8 Å². The smallest absolute Gasteiger partial charge is 0.0831 e. The maximum Gasteiger partial charge on any atom is 0.0831 e. The van der Waals surface area contributed by atoms with Gasteiger partial charge in [-0.25, -0.2) is 0 Å². The molecule has 1 saturated carbocycles. The number of rotatable bonds is 6. The highest BCUT2D eigenvalue weighted by Crippen LogP contribution is 2.34. The highest BCUT2D eigenvalue weighted by Gasteiger charge is 2.37. The molecule has 1 aliphatic rings. The van der Waals surface area contributed by atoms with E-state index in [4.69, 9.17) is 4.74 Å². The Morgan fingerprint density at radius 2 is 1.87 bits per heavy atom. The van der Waals surface area contributed by atoms with Crippen molar-refractivity contribution in [2.75, 3.05) is 13.2 Å². The Morgan fingerprint density at radius 1 is 1.20 bits per heavy atom. The van der Waals surface area contributed by atoms with Crippen LogP contribution >= 0.6 is 0 Å². The van der Waals surface area contributed by atoms with E-state index >= 15 is 0 Å². The van der Waals surface area contributed by atoms with Crippen LogP contribution in [0.15, 0.2) is 0 Å². The highest BCUT2D eigenvalue weighted by molar-refractivity contribution is 4.93. The quantitative estimate of drug-likeness (QED) is 0.732. The minimum Gasteiger partial charge on any atom is -0.374 e. The normalized spacial score (nSPS) is 22.6. The Balaban J connectivity index is 2.53. The fourth-order valence-electron chi connectivity index (χ4n) is 2.69. The van der Waals surface area contributed by atoms with Gasteiger partial charge in [0.1, 0.15) is 0 Å². The summed E-state index contributed by atoms with van der Waals surface area (Å²) in [4.78, 5) is 0. The molecule has 2 nitrogen and oxygen atoms in total. The minimum atomic E-state index is 0.127. The third-order valence-electron chi connectivity index (χ3n) is 3.62. The van der Waals surface area contributed by atoms with Gasteiger partial charge in [0.2, 0.25) is 0 Å². The van der Waals surface area contributed by atoms with Crippen molar-refractivity contribution in [3.8, 4) is 0 Å². The van der Waals surface area contributed by atoms with Crippen molar-refractivity contribution in [1.82, 2.24) is 5.32 Å². The maximum atomic E-state index is 6.07. The van der Waals surface area contributed by atoms with Crippen LogP contribution in [0.5, 0.6) is 0 Å². The average molecular weight is 213 g/mol. The van der Waals surface area contributed by atoms with E-state index in [1.165, 1.54) is 38.5 Å². The van der Waals surface area contributed by atoms with Gasteiger partial charge in [0.25, 0.3) is 0 Å². The van der Waals surface area contributed by atoms with E-state index in [-0.39, 0.29) is 5.60 Å². The average Bonchev–Trinajstić information content (AvgIpc) is 2.27. The Kier molecular flexibility index (Phi) is 5.62. The van der Waals surface area contributed by atoms with Crippen molar-refractivity contribution in [3.63, 3.8) is 0 Å². The van der Waals surface area contributed by atoms with E-state index in [1.807, 2.05) is 0 Å². The first kappa shape index (κ1) is 13.0. The molecule has 1 N–H and O–H groups in total. The van der Waals surface area contributed by atoms with Gasteiger partial charge >= 0.3 is 0 Å². The molecule has 1 rings (SSSR count). The van der Waals surface area contributed by atoms with E-state index in [0.717, 1.165) is 13.2 Å². The monoisotopic (exact) mass is 213 g/mol. The number of hydrogen-bond acceptors (Lipinski definition) is 2. The van der Waals surface area contributed by atoms with Crippen LogP contribution in [-0.2, 0) is 4.74 Å². The second-order valence-corrected chi connectivity index (χ2v) is 4.73. The largest absolute Gasteiger partial charge is 0.374 e. The number of ether oxygens (including phenoxy) is 1. The topological polar surface area (TPSA) is 21.3 Å². The van der Waals surface area contributed by atoms with Crippen LogP contribution in [0.4, 0.5) is 0 Å². The summed E-state index contributed by atoms with van der Waals surface area (Å²) in [5.41, 5.74) is 0.127. The van der Waals surface area contributed by atoms with Crippen LogP contribution in [0.3, 0.4) is 0 Å². The number of hydrogen-bond donors (Lipinski definition) is 1. The summed E-state index contributed by atoms with van der Waals surface area (Å²) in [6.07, 6.45) is 7.72. The third-order valence-corrected chi connectivity index (χ3v) is 3.62. The molecule has 1 aliphatic carbocycles. The molecule has 0 aromatic carbocycles. The van der Waals surface area contributed by atoms with Crippen LogP contribution < -0.4 is 5.32 Å². The zero-order valence-corrected chi connectivity index (χ0v) is 10.6. The van der Waals surface area contributed by atoms with Gasteiger partial charge in [-0.2, -0.15) is 0 Å². The summed E-state index contributed by atoms with van der Waals surface area (Å²) in [6, 6.07) is 0.498. The lowest BCUT2D eigenvalue weighted by Crippen LogP contribution is -2.52. The minimum absolute atomic E-state index is 0.127. The van der Waals surface area contributed by atoms with E-state index in [0.29, 0.717) is 6.04 Å². The van der Waals surface area contributed by atoms with E-state index in [2.05, 4.69) is 26.1 Å². The van der Waals surface area contributed by atoms with Crippen molar-refractivity contribution < 1.29 is 4.74 Å². The van der Waals surface area contributed by atoms with Gasteiger partial charge < -0.3 is 10.1 Å². The van der Waals surface area contributed by atoms with Gasteiger partial charge in [-0.1, -0.05) is 26.2 Å². The van der Waals surface area contributed by atoms with Gasteiger partial charge in [0.15, 0.2) is 0 Å².